The molecule has 1 fully saturated rings. The van der Waals surface area contributed by atoms with E-state index in [9.17, 15) is 18.5 Å². The van der Waals surface area contributed by atoms with Gasteiger partial charge in [0, 0.05) is 17.7 Å². The van der Waals surface area contributed by atoms with Crippen LogP contribution in [0.25, 0.3) is 0 Å². The monoisotopic (exact) mass is 312 g/mol. The molecule has 6 nitrogen and oxygen atoms in total. The Bertz CT molecular complexity index is 668. The van der Waals surface area contributed by atoms with Crippen LogP contribution >= 0.6 is 0 Å². The molecule has 1 N–H and O–H groups in total. The van der Waals surface area contributed by atoms with Gasteiger partial charge < -0.3 is 0 Å². The van der Waals surface area contributed by atoms with Gasteiger partial charge >= 0.3 is 0 Å². The van der Waals surface area contributed by atoms with E-state index in [0.29, 0.717) is 0 Å². The van der Waals surface area contributed by atoms with Crippen LogP contribution in [0, 0.1) is 22.5 Å². The molecule has 1 saturated carbocycles. The fourth-order valence-corrected chi connectivity index (χ4v) is 4.44. The third-order valence-electron chi connectivity index (χ3n) is 4.03. The molecular weight excluding hydrogens is 292 g/mol. The van der Waals surface area contributed by atoms with Crippen molar-refractivity contribution >= 4 is 15.7 Å². The van der Waals surface area contributed by atoms with Crippen LogP contribution in [0.4, 0.5) is 5.69 Å². The highest BCUT2D eigenvalue weighted by Gasteiger charge is 2.34. The molecular formula is C14H20N2O4S. The van der Waals surface area contributed by atoms with E-state index in [1.807, 2.05) is 0 Å². The summed E-state index contributed by atoms with van der Waals surface area (Å²) in [5.41, 5.74) is 0.127. The van der Waals surface area contributed by atoms with Crippen LogP contribution in [-0.2, 0) is 10.0 Å². The molecule has 0 bridgehead atoms. The predicted octanol–water partition coefficient (Wildman–Crippen LogP) is 2.76. The molecule has 0 heterocycles. The van der Waals surface area contributed by atoms with Gasteiger partial charge in [-0.2, -0.15) is 0 Å². The fourth-order valence-electron chi connectivity index (χ4n) is 2.91. The zero-order valence-corrected chi connectivity index (χ0v) is 13.2. The van der Waals surface area contributed by atoms with Gasteiger partial charge in [0.15, 0.2) is 0 Å². The Morgan fingerprint density at radius 3 is 2.57 bits per heavy atom. The Morgan fingerprint density at radius 1 is 1.38 bits per heavy atom. The van der Waals surface area contributed by atoms with Crippen LogP contribution in [0.5, 0.6) is 0 Å². The molecule has 1 atom stereocenters. The minimum atomic E-state index is -3.74. The molecule has 7 heteroatoms. The molecule has 116 valence electrons. The highest BCUT2D eigenvalue weighted by atomic mass is 32.2. The van der Waals surface area contributed by atoms with Crippen LogP contribution in [0.2, 0.25) is 0 Å². The topological polar surface area (TPSA) is 89.3 Å². The number of rotatable bonds is 4. The fraction of sp³-hybridized carbons (Fsp3) is 0.571. The average Bonchev–Trinajstić information content (AvgIpc) is 2.67. The van der Waals surface area contributed by atoms with E-state index >= 15 is 0 Å². The van der Waals surface area contributed by atoms with Crippen molar-refractivity contribution in [2.24, 2.45) is 5.41 Å². The number of nitrogens with zero attached hydrogens (tertiary/aromatic N) is 1. The second kappa shape index (κ2) is 5.38. The molecule has 0 saturated heterocycles. The molecule has 2 rings (SSSR count). The van der Waals surface area contributed by atoms with Crippen LogP contribution in [0.15, 0.2) is 23.1 Å². The van der Waals surface area contributed by atoms with Crippen molar-refractivity contribution in [3.8, 4) is 0 Å². The number of hydrogen-bond acceptors (Lipinski definition) is 4. The van der Waals surface area contributed by atoms with Gasteiger partial charge in [-0.25, -0.2) is 13.1 Å². The highest BCUT2D eigenvalue weighted by molar-refractivity contribution is 7.89. The quantitative estimate of drug-likeness (QED) is 0.684. The summed E-state index contributed by atoms with van der Waals surface area (Å²) < 4.78 is 27.6. The molecule has 0 spiro atoms. The largest absolute Gasteiger partial charge is 0.273 e. The van der Waals surface area contributed by atoms with Crippen molar-refractivity contribution in [1.29, 1.82) is 0 Å². The van der Waals surface area contributed by atoms with Gasteiger partial charge in [-0.3, -0.25) is 10.1 Å². The SMILES string of the molecule is Cc1c([N+](=O)[O-])cccc1S(=O)(=O)NC1CCC(C)(C)C1. The number of nitro benzene ring substituents is 1. The standard InChI is InChI=1S/C14H20N2O4S/c1-10-12(16(17)18)5-4-6-13(10)21(19,20)15-11-7-8-14(2,3)9-11/h4-6,11,15H,7-9H2,1-3H3. The first-order chi connectivity index (χ1) is 9.62. The van der Waals surface area contributed by atoms with Crippen LogP contribution in [0.1, 0.15) is 38.7 Å². The lowest BCUT2D eigenvalue weighted by molar-refractivity contribution is -0.385. The first kappa shape index (κ1) is 15.9. The maximum atomic E-state index is 12.5. The Morgan fingerprint density at radius 2 is 2.05 bits per heavy atom. The molecule has 1 aromatic rings. The lowest BCUT2D eigenvalue weighted by atomic mass is 9.92. The minimum absolute atomic E-state index is 0.0126. The number of hydrogen-bond donors (Lipinski definition) is 1. The van der Waals surface area contributed by atoms with Crippen molar-refractivity contribution < 1.29 is 13.3 Å². The molecule has 0 radical (unpaired) electrons. The molecule has 0 amide bonds. The number of nitro groups is 1. The zero-order valence-electron chi connectivity index (χ0n) is 12.4. The minimum Gasteiger partial charge on any atom is -0.258 e. The number of benzene rings is 1. The third kappa shape index (κ3) is 3.41. The van der Waals surface area contributed by atoms with E-state index in [1.165, 1.54) is 25.1 Å². The first-order valence-corrected chi connectivity index (χ1v) is 8.37. The van der Waals surface area contributed by atoms with E-state index in [4.69, 9.17) is 0 Å². The summed E-state index contributed by atoms with van der Waals surface area (Å²) in [5.74, 6) is 0. The van der Waals surface area contributed by atoms with E-state index in [0.717, 1.165) is 19.3 Å². The van der Waals surface area contributed by atoms with Crippen molar-refractivity contribution in [2.45, 2.75) is 51.0 Å². The van der Waals surface area contributed by atoms with Crippen molar-refractivity contribution in [1.82, 2.24) is 4.72 Å². The molecule has 1 aliphatic rings. The average molecular weight is 312 g/mol. The summed E-state index contributed by atoms with van der Waals surface area (Å²) >= 11 is 0. The Labute approximate surface area is 124 Å². The third-order valence-corrected chi connectivity index (χ3v) is 5.70. The van der Waals surface area contributed by atoms with Gasteiger partial charge in [-0.1, -0.05) is 19.9 Å². The molecule has 1 aliphatic carbocycles. The molecule has 0 aliphatic heterocycles. The maximum Gasteiger partial charge on any atom is 0.273 e. The normalized spacial score (nSPS) is 21.4. The van der Waals surface area contributed by atoms with Crippen molar-refractivity contribution in [3.63, 3.8) is 0 Å². The van der Waals surface area contributed by atoms with Gasteiger partial charge in [-0.05, 0) is 37.7 Å². The van der Waals surface area contributed by atoms with Crippen LogP contribution < -0.4 is 4.72 Å². The molecule has 1 aromatic carbocycles. The molecule has 1 unspecified atom stereocenters. The summed E-state index contributed by atoms with van der Waals surface area (Å²) in [5, 5.41) is 10.9. The smallest absolute Gasteiger partial charge is 0.258 e. The number of sulfonamides is 1. The van der Waals surface area contributed by atoms with Gasteiger partial charge in [0.1, 0.15) is 0 Å². The van der Waals surface area contributed by atoms with Crippen LogP contribution in [-0.4, -0.2) is 19.4 Å². The number of nitrogens with one attached hydrogen (secondary N) is 1. The summed E-state index contributed by atoms with van der Waals surface area (Å²) in [7, 11) is -3.74. The van der Waals surface area contributed by atoms with Crippen LogP contribution in [0.3, 0.4) is 0 Å². The van der Waals surface area contributed by atoms with E-state index in [2.05, 4.69) is 18.6 Å². The Kier molecular flexibility index (Phi) is 4.08. The molecule has 0 aromatic heterocycles. The summed E-state index contributed by atoms with van der Waals surface area (Å²) in [4.78, 5) is 10.3. The van der Waals surface area contributed by atoms with Crippen molar-refractivity contribution in [2.75, 3.05) is 0 Å². The highest BCUT2D eigenvalue weighted by Crippen LogP contribution is 2.37. The summed E-state index contributed by atoms with van der Waals surface area (Å²) in [6.07, 6.45) is 2.54. The van der Waals surface area contributed by atoms with E-state index in [1.54, 1.807) is 0 Å². The second-order valence-electron chi connectivity index (χ2n) is 6.38. The maximum absolute atomic E-state index is 12.5. The van der Waals surface area contributed by atoms with Crippen molar-refractivity contribution in [3.05, 3.63) is 33.9 Å². The summed E-state index contributed by atoms with van der Waals surface area (Å²) in [6, 6.07) is 4.01. The zero-order chi connectivity index (χ0) is 15.8. The van der Waals surface area contributed by atoms with E-state index < -0.39 is 14.9 Å². The van der Waals surface area contributed by atoms with Gasteiger partial charge in [0.2, 0.25) is 10.0 Å². The molecule has 21 heavy (non-hydrogen) atoms. The predicted molar refractivity (Wildman–Crippen MR) is 79.6 cm³/mol. The lowest BCUT2D eigenvalue weighted by Gasteiger charge is -2.18. The Balaban J connectivity index is 2.29. The Hall–Kier alpha value is -1.47. The van der Waals surface area contributed by atoms with Gasteiger partial charge in [0.25, 0.3) is 5.69 Å². The second-order valence-corrected chi connectivity index (χ2v) is 8.07. The van der Waals surface area contributed by atoms with Gasteiger partial charge in [0.05, 0.1) is 9.82 Å². The first-order valence-electron chi connectivity index (χ1n) is 6.89. The lowest BCUT2D eigenvalue weighted by Crippen LogP contribution is -2.34. The summed E-state index contributed by atoms with van der Waals surface area (Å²) in [6.45, 7) is 5.69. The van der Waals surface area contributed by atoms with E-state index in [-0.39, 0.29) is 27.6 Å². The van der Waals surface area contributed by atoms with Gasteiger partial charge in [-0.15, -0.1) is 0 Å².